The summed E-state index contributed by atoms with van der Waals surface area (Å²) >= 11 is 0. The molecule has 2 nitrogen and oxygen atoms in total. The fourth-order valence-corrected chi connectivity index (χ4v) is 2.20. The number of nitrogens with zero attached hydrogens (tertiary/aromatic N) is 1. The minimum atomic E-state index is 0.826. The summed E-state index contributed by atoms with van der Waals surface area (Å²) in [5, 5.41) is 6.00. The van der Waals surface area contributed by atoms with Gasteiger partial charge >= 0.3 is 0 Å². The van der Waals surface area contributed by atoms with Crippen LogP contribution in [-0.2, 0) is 6.54 Å². The van der Waals surface area contributed by atoms with E-state index >= 15 is 0 Å². The molecule has 1 N–H and O–H groups in total. The molecule has 0 saturated heterocycles. The minimum absolute atomic E-state index is 0.826. The van der Waals surface area contributed by atoms with Crippen LogP contribution in [-0.4, -0.2) is 4.98 Å². The number of nitrogens with one attached hydrogen (secondary N) is 1. The summed E-state index contributed by atoms with van der Waals surface area (Å²) in [6.45, 7) is 2.91. The molecular weight excluding hydrogens is 232 g/mol. The van der Waals surface area contributed by atoms with Crippen LogP contribution in [0.1, 0.15) is 11.1 Å². The molecule has 0 atom stereocenters. The predicted octanol–water partition coefficient (Wildman–Crippen LogP) is 4.16. The number of aromatic nitrogens is 1. The van der Waals surface area contributed by atoms with Crippen molar-refractivity contribution in [2.45, 2.75) is 13.5 Å². The summed E-state index contributed by atoms with van der Waals surface area (Å²) in [4.78, 5) is 4.11. The molecule has 3 rings (SSSR count). The van der Waals surface area contributed by atoms with E-state index in [0.717, 1.165) is 12.2 Å². The lowest BCUT2D eigenvalue weighted by molar-refractivity contribution is 1.09. The van der Waals surface area contributed by atoms with Crippen LogP contribution < -0.4 is 5.32 Å². The van der Waals surface area contributed by atoms with Crippen molar-refractivity contribution in [1.29, 1.82) is 0 Å². The first kappa shape index (κ1) is 11.7. The van der Waals surface area contributed by atoms with Gasteiger partial charge in [0.2, 0.25) is 0 Å². The Balaban J connectivity index is 1.80. The van der Waals surface area contributed by atoms with E-state index in [4.69, 9.17) is 0 Å². The van der Waals surface area contributed by atoms with Crippen LogP contribution in [0.5, 0.6) is 0 Å². The highest BCUT2D eigenvalue weighted by Crippen LogP contribution is 2.19. The first-order chi connectivity index (χ1) is 9.33. The topological polar surface area (TPSA) is 24.9 Å². The summed E-state index contributed by atoms with van der Waals surface area (Å²) < 4.78 is 0. The predicted molar refractivity (Wildman–Crippen MR) is 80.2 cm³/mol. The zero-order valence-corrected chi connectivity index (χ0v) is 10.9. The first-order valence-corrected chi connectivity index (χ1v) is 6.45. The highest BCUT2D eigenvalue weighted by Gasteiger charge is 1.99. The Bertz CT molecular complexity index is 704. The maximum Gasteiger partial charge on any atom is 0.0404 e. The molecule has 1 aromatic heterocycles. The van der Waals surface area contributed by atoms with E-state index in [0.29, 0.717) is 0 Å². The number of hydrogen-bond acceptors (Lipinski definition) is 2. The number of benzene rings is 2. The fourth-order valence-electron chi connectivity index (χ4n) is 2.20. The number of pyridine rings is 1. The lowest BCUT2D eigenvalue weighted by Crippen LogP contribution is -2.01. The highest BCUT2D eigenvalue weighted by atomic mass is 14.9. The largest absolute Gasteiger partial charge is 0.381 e. The maximum atomic E-state index is 4.11. The average molecular weight is 248 g/mol. The van der Waals surface area contributed by atoms with Crippen molar-refractivity contribution in [3.63, 3.8) is 0 Å². The van der Waals surface area contributed by atoms with Gasteiger partial charge in [-0.05, 0) is 47.0 Å². The van der Waals surface area contributed by atoms with E-state index in [1.807, 2.05) is 12.4 Å². The van der Waals surface area contributed by atoms with Crippen LogP contribution in [0, 0.1) is 6.92 Å². The Labute approximate surface area is 113 Å². The van der Waals surface area contributed by atoms with Crippen molar-refractivity contribution in [3.8, 4) is 0 Å². The molecule has 3 aromatic rings. The molecule has 0 unspecified atom stereocenters. The number of hydrogen-bond donors (Lipinski definition) is 1. The molecule has 94 valence electrons. The third-order valence-electron chi connectivity index (χ3n) is 3.37. The van der Waals surface area contributed by atoms with Crippen LogP contribution in [0.25, 0.3) is 10.8 Å². The van der Waals surface area contributed by atoms with Crippen LogP contribution in [0.15, 0.2) is 60.9 Å². The summed E-state index contributed by atoms with van der Waals surface area (Å²) in [5.41, 5.74) is 3.65. The van der Waals surface area contributed by atoms with Gasteiger partial charge in [0.25, 0.3) is 0 Å². The summed E-state index contributed by atoms with van der Waals surface area (Å²) in [6, 6.07) is 16.9. The van der Waals surface area contributed by atoms with Gasteiger partial charge in [0, 0.05) is 24.6 Å². The molecule has 2 aromatic carbocycles. The Morgan fingerprint density at radius 2 is 1.84 bits per heavy atom. The van der Waals surface area contributed by atoms with Crippen LogP contribution >= 0.6 is 0 Å². The summed E-state index contributed by atoms with van der Waals surface area (Å²) in [6.07, 6.45) is 3.74. The second-order valence-corrected chi connectivity index (χ2v) is 4.72. The average Bonchev–Trinajstić information content (AvgIpc) is 2.46. The molecule has 0 aliphatic heterocycles. The summed E-state index contributed by atoms with van der Waals surface area (Å²) in [7, 11) is 0. The van der Waals surface area contributed by atoms with E-state index in [-0.39, 0.29) is 0 Å². The monoisotopic (exact) mass is 248 g/mol. The number of aryl methyl sites for hydroxylation is 1. The van der Waals surface area contributed by atoms with Crippen molar-refractivity contribution in [2.75, 3.05) is 5.32 Å². The van der Waals surface area contributed by atoms with Gasteiger partial charge in [-0.2, -0.15) is 0 Å². The van der Waals surface area contributed by atoms with Crippen molar-refractivity contribution in [3.05, 3.63) is 72.1 Å². The quantitative estimate of drug-likeness (QED) is 0.753. The molecule has 0 aliphatic carbocycles. The summed E-state index contributed by atoms with van der Waals surface area (Å²) in [5.74, 6) is 0. The number of rotatable bonds is 3. The number of anilines is 1. The smallest absolute Gasteiger partial charge is 0.0404 e. The van der Waals surface area contributed by atoms with Gasteiger partial charge in [-0.3, -0.25) is 4.98 Å². The Kier molecular flexibility index (Phi) is 3.15. The van der Waals surface area contributed by atoms with Gasteiger partial charge in [0.1, 0.15) is 0 Å². The van der Waals surface area contributed by atoms with Crippen LogP contribution in [0.3, 0.4) is 0 Å². The molecule has 0 saturated carbocycles. The molecular formula is C17H16N2. The van der Waals surface area contributed by atoms with E-state index in [9.17, 15) is 0 Å². The first-order valence-electron chi connectivity index (χ1n) is 6.45. The molecule has 2 heteroatoms. The molecule has 0 bridgehead atoms. The molecule has 1 heterocycles. The second-order valence-electron chi connectivity index (χ2n) is 4.72. The lowest BCUT2D eigenvalue weighted by atomic mass is 10.1. The molecule has 19 heavy (non-hydrogen) atoms. The zero-order chi connectivity index (χ0) is 13.1. The molecule has 0 aliphatic rings. The molecule has 0 amide bonds. The Morgan fingerprint density at radius 1 is 1.00 bits per heavy atom. The second kappa shape index (κ2) is 5.11. The van der Waals surface area contributed by atoms with Gasteiger partial charge in [-0.25, -0.2) is 0 Å². The van der Waals surface area contributed by atoms with E-state index in [2.05, 4.69) is 65.8 Å². The van der Waals surface area contributed by atoms with Gasteiger partial charge < -0.3 is 5.32 Å². The van der Waals surface area contributed by atoms with Crippen LogP contribution in [0.4, 0.5) is 5.69 Å². The fraction of sp³-hybridized carbons (Fsp3) is 0.118. The van der Waals surface area contributed by atoms with Gasteiger partial charge in [-0.15, -0.1) is 0 Å². The maximum absolute atomic E-state index is 4.11. The Hall–Kier alpha value is -2.35. The van der Waals surface area contributed by atoms with Crippen molar-refractivity contribution in [1.82, 2.24) is 4.98 Å². The third kappa shape index (κ3) is 2.58. The van der Waals surface area contributed by atoms with Crippen molar-refractivity contribution in [2.24, 2.45) is 0 Å². The minimum Gasteiger partial charge on any atom is -0.381 e. The van der Waals surface area contributed by atoms with Gasteiger partial charge in [0.15, 0.2) is 0 Å². The van der Waals surface area contributed by atoms with Crippen molar-refractivity contribution < 1.29 is 0 Å². The van der Waals surface area contributed by atoms with E-state index in [1.165, 1.54) is 21.9 Å². The molecule has 0 radical (unpaired) electrons. The van der Waals surface area contributed by atoms with Crippen LogP contribution in [0.2, 0.25) is 0 Å². The number of fused-ring (bicyclic) bond motifs is 1. The van der Waals surface area contributed by atoms with Gasteiger partial charge in [-0.1, -0.05) is 30.3 Å². The highest BCUT2D eigenvalue weighted by molar-refractivity contribution is 5.85. The van der Waals surface area contributed by atoms with Crippen molar-refractivity contribution >= 4 is 16.5 Å². The molecule has 0 spiro atoms. The van der Waals surface area contributed by atoms with E-state index < -0.39 is 0 Å². The van der Waals surface area contributed by atoms with E-state index in [1.54, 1.807) is 0 Å². The van der Waals surface area contributed by atoms with Gasteiger partial charge in [0.05, 0.1) is 0 Å². The SMILES string of the molecule is Cc1cnccc1CNc1ccc2ccccc2c1. The normalized spacial score (nSPS) is 10.6. The lowest BCUT2D eigenvalue weighted by Gasteiger charge is -2.09. The zero-order valence-electron chi connectivity index (χ0n) is 10.9. The standard InChI is InChI=1S/C17H16N2/c1-13-11-18-9-8-16(13)12-19-17-7-6-14-4-2-3-5-15(14)10-17/h2-11,19H,12H2,1H3. The third-order valence-corrected chi connectivity index (χ3v) is 3.37. The molecule has 0 fully saturated rings. The Morgan fingerprint density at radius 3 is 2.68 bits per heavy atom.